The molecule has 2 aromatic rings. The number of halogens is 1. The highest BCUT2D eigenvalue weighted by molar-refractivity contribution is 5.85. The number of hydrogen-bond donors (Lipinski definition) is 4. The third-order valence-corrected chi connectivity index (χ3v) is 4.69. The van der Waals surface area contributed by atoms with Crippen LogP contribution in [0.25, 0.3) is 10.9 Å². The van der Waals surface area contributed by atoms with Gasteiger partial charge < -0.3 is 35.3 Å². The van der Waals surface area contributed by atoms with E-state index in [4.69, 9.17) is 15.2 Å². The first-order chi connectivity index (χ1) is 14.3. The van der Waals surface area contributed by atoms with Gasteiger partial charge in [-0.05, 0) is 32.9 Å². The molecule has 1 atom stereocenters. The van der Waals surface area contributed by atoms with Gasteiger partial charge in [0.1, 0.15) is 11.4 Å². The van der Waals surface area contributed by atoms with Crippen molar-refractivity contribution in [3.05, 3.63) is 29.7 Å². The number of aliphatic hydroxyl groups is 2. The Kier molecular flexibility index (Phi) is 7.91. The molecule has 31 heavy (non-hydrogen) atoms. The minimum Gasteiger partial charge on any atom is -0.444 e. The molecule has 1 amide bonds. The molecule has 0 aliphatic rings. The average molecular weight is 440 g/mol. The molecule has 0 saturated heterocycles. The zero-order valence-electron chi connectivity index (χ0n) is 18.9. The summed E-state index contributed by atoms with van der Waals surface area (Å²) in [6.07, 6.45) is -1.50. The Morgan fingerprint density at radius 1 is 1.26 bits per heavy atom. The first kappa shape index (κ1) is 24.9. The lowest BCUT2D eigenvalue weighted by atomic mass is 9.90. The maximum absolute atomic E-state index is 14.1. The van der Waals surface area contributed by atoms with Crippen molar-refractivity contribution in [3.8, 4) is 0 Å². The van der Waals surface area contributed by atoms with Crippen molar-refractivity contribution in [1.29, 1.82) is 0 Å². The summed E-state index contributed by atoms with van der Waals surface area (Å²) in [6, 6.07) is 4.77. The minimum atomic E-state index is -0.996. The predicted octanol–water partition coefficient (Wildman–Crippen LogP) is 2.53. The molecule has 1 heterocycles. The fraction of sp³-hybridized carbons (Fsp3) is 0.591. The van der Waals surface area contributed by atoms with E-state index in [0.29, 0.717) is 18.7 Å². The van der Waals surface area contributed by atoms with E-state index in [9.17, 15) is 19.4 Å². The number of aliphatic hydroxyl groups excluding tert-OH is 2. The van der Waals surface area contributed by atoms with E-state index < -0.39 is 35.6 Å². The van der Waals surface area contributed by atoms with E-state index in [-0.39, 0.29) is 18.8 Å². The van der Waals surface area contributed by atoms with Crippen LogP contribution >= 0.6 is 0 Å². The van der Waals surface area contributed by atoms with Crippen LogP contribution in [0.2, 0.25) is 0 Å². The van der Waals surface area contributed by atoms with Crippen LogP contribution in [-0.2, 0) is 21.4 Å². The monoisotopic (exact) mass is 439 g/mol. The van der Waals surface area contributed by atoms with Gasteiger partial charge in [-0.2, -0.15) is 0 Å². The number of nitrogens with zero attached hydrogens (tertiary/aromatic N) is 1. The number of rotatable bonds is 9. The Labute approximate surface area is 182 Å². The molecule has 0 spiro atoms. The van der Waals surface area contributed by atoms with Gasteiger partial charge in [0.25, 0.3) is 0 Å². The molecule has 1 aromatic heterocycles. The molecular formula is C22H34FN3O5. The molecule has 0 bridgehead atoms. The number of aromatic nitrogens is 1. The Morgan fingerprint density at radius 2 is 1.94 bits per heavy atom. The van der Waals surface area contributed by atoms with Crippen LogP contribution in [0.15, 0.2) is 18.2 Å². The SMILES string of the molecule is CC(C)(C)OC(=O)NCCOCC(C)(C)c1cc2cc(N)c(F)cc2n1C[C@@H](O)CO. The maximum Gasteiger partial charge on any atom is 0.407 e. The summed E-state index contributed by atoms with van der Waals surface area (Å²) in [5, 5.41) is 22.7. The second kappa shape index (κ2) is 9.84. The number of nitrogens with two attached hydrogens (primary N) is 1. The van der Waals surface area contributed by atoms with Crippen molar-refractivity contribution in [1.82, 2.24) is 9.88 Å². The second-order valence-electron chi connectivity index (χ2n) is 9.27. The summed E-state index contributed by atoms with van der Waals surface area (Å²) in [4.78, 5) is 11.7. The van der Waals surface area contributed by atoms with Crippen molar-refractivity contribution in [3.63, 3.8) is 0 Å². The van der Waals surface area contributed by atoms with E-state index in [2.05, 4.69) is 5.32 Å². The van der Waals surface area contributed by atoms with Gasteiger partial charge in [0.2, 0.25) is 0 Å². The van der Waals surface area contributed by atoms with Crippen LogP contribution in [0, 0.1) is 5.82 Å². The van der Waals surface area contributed by atoms with Gasteiger partial charge in [-0.1, -0.05) is 13.8 Å². The van der Waals surface area contributed by atoms with Gasteiger partial charge in [0, 0.05) is 29.1 Å². The average Bonchev–Trinajstić information content (AvgIpc) is 2.98. The highest BCUT2D eigenvalue weighted by Gasteiger charge is 2.28. The molecular weight excluding hydrogens is 405 g/mol. The summed E-state index contributed by atoms with van der Waals surface area (Å²) >= 11 is 0. The predicted molar refractivity (Wildman–Crippen MR) is 117 cm³/mol. The van der Waals surface area contributed by atoms with Crippen molar-refractivity contribution in [2.24, 2.45) is 0 Å². The first-order valence-electron chi connectivity index (χ1n) is 10.3. The molecule has 0 saturated carbocycles. The van der Waals surface area contributed by atoms with E-state index >= 15 is 0 Å². The van der Waals surface area contributed by atoms with Gasteiger partial charge in [0.15, 0.2) is 0 Å². The number of benzene rings is 1. The highest BCUT2D eigenvalue weighted by Crippen LogP contribution is 2.32. The summed E-state index contributed by atoms with van der Waals surface area (Å²) in [6.45, 7) is 9.86. The number of fused-ring (bicyclic) bond motifs is 1. The van der Waals surface area contributed by atoms with Crippen molar-refractivity contribution in [2.75, 3.05) is 32.1 Å². The largest absolute Gasteiger partial charge is 0.444 e. The third kappa shape index (κ3) is 6.81. The molecule has 0 radical (unpaired) electrons. The standard InChI is InChI=1S/C22H34FN3O5/c1-21(2,3)31-20(29)25-6-7-30-13-22(4,5)19-9-14-8-17(24)16(23)10-18(14)26(19)11-15(28)12-27/h8-10,15,27-28H,6-7,11-13,24H2,1-5H3,(H,25,29)/t15-/m1/s1. The Balaban J connectivity index is 2.11. The number of carbonyl (C=O) groups excluding carboxylic acids is 1. The molecule has 9 heteroatoms. The molecule has 174 valence electrons. The number of amides is 1. The number of hydrogen-bond acceptors (Lipinski definition) is 6. The lowest BCUT2D eigenvalue weighted by Gasteiger charge is -2.27. The van der Waals surface area contributed by atoms with Crippen LogP contribution < -0.4 is 11.1 Å². The number of nitrogen functional groups attached to an aromatic ring is 1. The lowest BCUT2D eigenvalue weighted by molar-refractivity contribution is 0.0478. The summed E-state index contributed by atoms with van der Waals surface area (Å²) in [7, 11) is 0. The van der Waals surface area contributed by atoms with Gasteiger partial charge in [0.05, 0.1) is 43.7 Å². The van der Waals surface area contributed by atoms with Gasteiger partial charge in [-0.25, -0.2) is 9.18 Å². The molecule has 0 aliphatic heterocycles. The maximum atomic E-state index is 14.1. The molecule has 5 N–H and O–H groups in total. The van der Waals surface area contributed by atoms with Gasteiger partial charge in [-0.3, -0.25) is 0 Å². The topological polar surface area (TPSA) is 119 Å². The van der Waals surface area contributed by atoms with Crippen molar-refractivity contribution < 1.29 is 28.9 Å². The minimum absolute atomic E-state index is 0.0428. The van der Waals surface area contributed by atoms with E-state index in [1.54, 1.807) is 31.4 Å². The second-order valence-corrected chi connectivity index (χ2v) is 9.27. The number of carbonyl (C=O) groups is 1. The van der Waals surface area contributed by atoms with Gasteiger partial charge in [-0.15, -0.1) is 0 Å². The molecule has 0 unspecified atom stereocenters. The van der Waals surface area contributed by atoms with Crippen LogP contribution in [0.3, 0.4) is 0 Å². The van der Waals surface area contributed by atoms with Crippen LogP contribution in [0.5, 0.6) is 0 Å². The first-order valence-corrected chi connectivity index (χ1v) is 10.3. The normalized spacial score (nSPS) is 13.4. The van der Waals surface area contributed by atoms with E-state index in [1.807, 2.05) is 19.9 Å². The van der Waals surface area contributed by atoms with Crippen LogP contribution in [-0.4, -0.2) is 58.9 Å². The van der Waals surface area contributed by atoms with Crippen molar-refractivity contribution in [2.45, 2.75) is 58.3 Å². The quantitative estimate of drug-likeness (QED) is 0.352. The Hall–Kier alpha value is -2.36. The summed E-state index contributed by atoms with van der Waals surface area (Å²) < 4.78 is 26.8. The van der Waals surface area contributed by atoms with Crippen LogP contribution in [0.1, 0.15) is 40.3 Å². The van der Waals surface area contributed by atoms with E-state index in [1.165, 1.54) is 6.07 Å². The fourth-order valence-electron chi connectivity index (χ4n) is 3.27. The lowest BCUT2D eigenvalue weighted by Crippen LogP contribution is -2.35. The van der Waals surface area contributed by atoms with Crippen molar-refractivity contribution >= 4 is 22.7 Å². The molecule has 1 aromatic carbocycles. The zero-order valence-corrected chi connectivity index (χ0v) is 18.9. The molecule has 8 nitrogen and oxygen atoms in total. The highest BCUT2D eigenvalue weighted by atomic mass is 19.1. The Bertz CT molecular complexity index is 905. The summed E-state index contributed by atoms with van der Waals surface area (Å²) in [5.74, 6) is -0.542. The number of anilines is 1. The molecule has 0 aliphatic carbocycles. The van der Waals surface area contributed by atoms with Crippen LogP contribution in [0.4, 0.5) is 14.9 Å². The number of alkyl carbamates (subject to hydrolysis) is 1. The summed E-state index contributed by atoms with van der Waals surface area (Å²) in [5.41, 5.74) is 6.07. The van der Waals surface area contributed by atoms with E-state index in [0.717, 1.165) is 11.1 Å². The number of nitrogens with one attached hydrogen (secondary N) is 1. The number of ether oxygens (including phenoxy) is 2. The molecule has 0 fully saturated rings. The Morgan fingerprint density at radius 3 is 2.55 bits per heavy atom. The molecule has 2 rings (SSSR count). The fourth-order valence-corrected chi connectivity index (χ4v) is 3.27. The smallest absolute Gasteiger partial charge is 0.407 e. The van der Waals surface area contributed by atoms with Gasteiger partial charge >= 0.3 is 6.09 Å². The third-order valence-electron chi connectivity index (χ3n) is 4.69. The zero-order chi connectivity index (χ0) is 23.4.